The van der Waals surface area contributed by atoms with Crippen molar-refractivity contribution in [1.29, 1.82) is 0 Å². The number of amides is 2. The minimum absolute atomic E-state index is 0.138. The van der Waals surface area contributed by atoms with Gasteiger partial charge in [-0.25, -0.2) is 4.79 Å². The molecule has 23 heavy (non-hydrogen) atoms. The molecule has 1 unspecified atom stereocenters. The van der Waals surface area contributed by atoms with Crippen LogP contribution in [0.4, 0.5) is 4.79 Å². The fraction of sp³-hybridized carbons (Fsp3) is 0.706. The Balaban J connectivity index is 1.73. The summed E-state index contributed by atoms with van der Waals surface area (Å²) in [6, 6.07) is 2.26. The number of aliphatic hydroxyl groups is 1. The molecule has 2 amide bonds. The molecule has 3 N–H and O–H groups in total. The second-order valence-corrected chi connectivity index (χ2v) is 6.57. The Morgan fingerprint density at radius 1 is 1.43 bits per heavy atom. The second kappa shape index (κ2) is 7.36. The van der Waals surface area contributed by atoms with Crippen molar-refractivity contribution in [2.45, 2.75) is 52.2 Å². The molecule has 0 aromatic carbocycles. The molecule has 1 aromatic heterocycles. The summed E-state index contributed by atoms with van der Waals surface area (Å²) in [5.41, 5.74) is -0.441. The molecular formula is C17H29N3O3. The first-order valence-corrected chi connectivity index (χ1v) is 8.39. The summed E-state index contributed by atoms with van der Waals surface area (Å²) in [5.74, 6) is 1.43. The first kappa shape index (κ1) is 17.8. The molecule has 130 valence electrons. The molecule has 1 heterocycles. The van der Waals surface area contributed by atoms with Gasteiger partial charge < -0.3 is 20.2 Å². The van der Waals surface area contributed by atoms with Crippen LogP contribution in [-0.2, 0) is 5.60 Å². The van der Waals surface area contributed by atoms with Gasteiger partial charge in [0.15, 0.2) is 0 Å². The van der Waals surface area contributed by atoms with Gasteiger partial charge in [0.2, 0.25) is 0 Å². The van der Waals surface area contributed by atoms with E-state index in [4.69, 9.17) is 4.42 Å². The van der Waals surface area contributed by atoms with Gasteiger partial charge >= 0.3 is 6.03 Å². The molecule has 1 atom stereocenters. The predicted molar refractivity (Wildman–Crippen MR) is 89.4 cm³/mol. The molecule has 0 bridgehead atoms. The maximum absolute atomic E-state index is 11.9. The Kier molecular flexibility index (Phi) is 5.70. The van der Waals surface area contributed by atoms with Gasteiger partial charge in [0.05, 0.1) is 6.54 Å². The van der Waals surface area contributed by atoms with Crippen molar-refractivity contribution in [2.75, 3.05) is 26.2 Å². The van der Waals surface area contributed by atoms with E-state index in [-0.39, 0.29) is 12.6 Å². The minimum atomic E-state index is -1.15. The number of carbonyl (C=O) groups excluding carboxylic acids is 1. The topological polar surface area (TPSA) is 77.7 Å². The van der Waals surface area contributed by atoms with Crippen LogP contribution < -0.4 is 10.6 Å². The van der Waals surface area contributed by atoms with Crippen LogP contribution in [0.5, 0.6) is 0 Å². The van der Waals surface area contributed by atoms with Crippen molar-refractivity contribution >= 4 is 6.03 Å². The highest BCUT2D eigenvalue weighted by Crippen LogP contribution is 2.26. The number of hydrogen-bond acceptors (Lipinski definition) is 4. The van der Waals surface area contributed by atoms with Crippen LogP contribution >= 0.6 is 0 Å². The Morgan fingerprint density at radius 2 is 2.13 bits per heavy atom. The van der Waals surface area contributed by atoms with Gasteiger partial charge in [-0.05, 0) is 46.2 Å². The maximum atomic E-state index is 11.9. The first-order valence-electron chi connectivity index (χ1n) is 8.39. The Hall–Kier alpha value is -1.53. The summed E-state index contributed by atoms with van der Waals surface area (Å²) in [5, 5.41) is 16.1. The third kappa shape index (κ3) is 4.97. The second-order valence-electron chi connectivity index (χ2n) is 6.57. The maximum Gasteiger partial charge on any atom is 0.314 e. The van der Waals surface area contributed by atoms with Gasteiger partial charge in [0, 0.05) is 24.7 Å². The summed E-state index contributed by atoms with van der Waals surface area (Å²) in [6.45, 7) is 10.1. The molecule has 1 aromatic rings. The van der Waals surface area contributed by atoms with E-state index in [1.54, 1.807) is 6.92 Å². The van der Waals surface area contributed by atoms with Gasteiger partial charge in [-0.1, -0.05) is 6.92 Å². The number of aryl methyl sites for hydroxylation is 2. The first-order chi connectivity index (χ1) is 10.8. The van der Waals surface area contributed by atoms with E-state index in [9.17, 15) is 9.90 Å². The summed E-state index contributed by atoms with van der Waals surface area (Å²) in [7, 11) is 0. The number of carbonyl (C=O) groups is 1. The van der Waals surface area contributed by atoms with Gasteiger partial charge in [-0.3, -0.25) is 4.90 Å². The van der Waals surface area contributed by atoms with Gasteiger partial charge in [-0.2, -0.15) is 0 Å². The molecule has 6 nitrogen and oxygen atoms in total. The highest BCUT2D eigenvalue weighted by molar-refractivity contribution is 5.73. The Bertz CT molecular complexity index is 535. The monoisotopic (exact) mass is 323 g/mol. The van der Waals surface area contributed by atoms with Crippen LogP contribution in [0.1, 0.15) is 43.8 Å². The smallest absolute Gasteiger partial charge is 0.314 e. The van der Waals surface area contributed by atoms with Crippen molar-refractivity contribution < 1.29 is 14.3 Å². The lowest BCUT2D eigenvalue weighted by molar-refractivity contribution is 0.0578. The zero-order valence-electron chi connectivity index (χ0n) is 14.6. The highest BCUT2D eigenvalue weighted by atomic mass is 16.3. The molecule has 1 saturated carbocycles. The molecule has 1 fully saturated rings. The van der Waals surface area contributed by atoms with Crippen molar-refractivity contribution in [2.24, 2.45) is 0 Å². The molecule has 0 saturated heterocycles. The number of furan rings is 1. The number of hydrogen-bond donors (Lipinski definition) is 3. The predicted octanol–water partition coefficient (Wildman–Crippen LogP) is 1.89. The minimum Gasteiger partial charge on any atom is -0.466 e. The standard InChI is InChI=1S/C17H29N3O3/c1-5-20(14-6-7-14)9-8-18-16(21)19-11-17(4,22)15-10-12(2)23-13(15)3/h10,14,22H,5-9,11H2,1-4H3,(H2,18,19,21). The summed E-state index contributed by atoms with van der Waals surface area (Å²) >= 11 is 0. The largest absolute Gasteiger partial charge is 0.466 e. The number of rotatable bonds is 8. The van der Waals surface area contributed by atoms with Crippen molar-refractivity contribution in [3.05, 3.63) is 23.2 Å². The number of likely N-dealkylation sites (N-methyl/N-ethyl adjacent to an activating group) is 1. The molecule has 1 aliphatic carbocycles. The Morgan fingerprint density at radius 3 is 2.65 bits per heavy atom. The number of nitrogens with zero attached hydrogens (tertiary/aromatic N) is 1. The van der Waals surface area contributed by atoms with E-state index in [1.165, 1.54) is 12.8 Å². The molecule has 0 spiro atoms. The van der Waals surface area contributed by atoms with Crippen LogP contribution in [0, 0.1) is 13.8 Å². The van der Waals surface area contributed by atoms with Crippen LogP contribution in [0.3, 0.4) is 0 Å². The SMILES string of the molecule is CCN(CCNC(=O)NCC(C)(O)c1cc(C)oc1C)C1CC1. The van der Waals surface area contributed by atoms with Crippen molar-refractivity contribution in [3.8, 4) is 0 Å². The Labute approximate surface area is 138 Å². The summed E-state index contributed by atoms with van der Waals surface area (Å²) in [6.07, 6.45) is 2.54. The van der Waals surface area contributed by atoms with Gasteiger partial charge in [0.1, 0.15) is 17.1 Å². The zero-order chi connectivity index (χ0) is 17.0. The molecule has 6 heteroatoms. The number of urea groups is 1. The van der Waals surface area contributed by atoms with E-state index in [0.717, 1.165) is 18.8 Å². The average Bonchev–Trinajstić information content (AvgIpc) is 3.26. The fourth-order valence-corrected chi connectivity index (χ4v) is 2.93. The van der Waals surface area contributed by atoms with Crippen LogP contribution in [0.2, 0.25) is 0 Å². The van der Waals surface area contributed by atoms with Crippen molar-refractivity contribution in [3.63, 3.8) is 0 Å². The average molecular weight is 323 g/mol. The van der Waals surface area contributed by atoms with E-state index in [0.29, 0.717) is 23.9 Å². The number of nitrogens with one attached hydrogen (secondary N) is 2. The van der Waals surface area contributed by atoms with Crippen LogP contribution in [-0.4, -0.2) is 48.3 Å². The van der Waals surface area contributed by atoms with Crippen LogP contribution in [0.25, 0.3) is 0 Å². The fourth-order valence-electron chi connectivity index (χ4n) is 2.93. The van der Waals surface area contributed by atoms with Crippen molar-refractivity contribution in [1.82, 2.24) is 15.5 Å². The molecular weight excluding hydrogens is 294 g/mol. The van der Waals surface area contributed by atoms with Gasteiger partial charge in [-0.15, -0.1) is 0 Å². The lowest BCUT2D eigenvalue weighted by atomic mass is 9.96. The molecule has 1 aliphatic rings. The third-order valence-corrected chi connectivity index (χ3v) is 4.37. The van der Waals surface area contributed by atoms with Gasteiger partial charge in [0.25, 0.3) is 0 Å². The normalized spacial score (nSPS) is 17.1. The van der Waals surface area contributed by atoms with E-state index < -0.39 is 5.60 Å². The lowest BCUT2D eigenvalue weighted by Gasteiger charge is -2.24. The highest BCUT2D eigenvalue weighted by Gasteiger charge is 2.29. The quantitative estimate of drug-likeness (QED) is 0.683. The molecule has 0 aliphatic heterocycles. The lowest BCUT2D eigenvalue weighted by Crippen LogP contribution is -2.45. The van der Waals surface area contributed by atoms with Crippen LogP contribution in [0.15, 0.2) is 10.5 Å². The van der Waals surface area contributed by atoms with E-state index in [2.05, 4.69) is 22.5 Å². The van der Waals surface area contributed by atoms with E-state index in [1.807, 2.05) is 19.9 Å². The summed E-state index contributed by atoms with van der Waals surface area (Å²) < 4.78 is 5.45. The zero-order valence-corrected chi connectivity index (χ0v) is 14.6. The third-order valence-electron chi connectivity index (χ3n) is 4.37. The molecule has 2 rings (SSSR count). The van der Waals surface area contributed by atoms with E-state index >= 15 is 0 Å². The molecule has 0 radical (unpaired) electrons. The summed E-state index contributed by atoms with van der Waals surface area (Å²) in [4.78, 5) is 14.3.